The van der Waals surface area contributed by atoms with Gasteiger partial charge in [0, 0.05) is 31.9 Å². The predicted octanol–water partition coefficient (Wildman–Crippen LogP) is 2.12. The van der Waals surface area contributed by atoms with Crippen molar-refractivity contribution in [2.45, 2.75) is 45.6 Å². The second kappa shape index (κ2) is 5.91. The first-order valence-electron chi connectivity index (χ1n) is 5.83. The van der Waals surface area contributed by atoms with Crippen LogP contribution in [0.4, 0.5) is 0 Å². The summed E-state index contributed by atoms with van der Waals surface area (Å²) in [6.45, 7) is 4.37. The maximum Gasteiger partial charge on any atom is 0.108 e. The lowest BCUT2D eigenvalue weighted by Crippen LogP contribution is -2.26. The Morgan fingerprint density at radius 2 is 2.13 bits per heavy atom. The third-order valence-electron chi connectivity index (χ3n) is 2.97. The molecule has 0 fully saturated rings. The van der Waals surface area contributed by atoms with Gasteiger partial charge in [0.2, 0.25) is 0 Å². The van der Waals surface area contributed by atoms with E-state index in [-0.39, 0.29) is 0 Å². The second-order valence-electron chi connectivity index (χ2n) is 4.61. The summed E-state index contributed by atoms with van der Waals surface area (Å²) in [5, 5.41) is 0. The monoisotopic (exact) mass is 209 g/mol. The summed E-state index contributed by atoms with van der Waals surface area (Å²) in [5.41, 5.74) is 5.99. The molecule has 3 heteroatoms. The molecule has 1 heterocycles. The Balaban J connectivity index is 2.15. The summed E-state index contributed by atoms with van der Waals surface area (Å²) in [7, 11) is 2.04. The minimum absolute atomic E-state index is 0.353. The van der Waals surface area contributed by atoms with Gasteiger partial charge in [-0.2, -0.15) is 0 Å². The smallest absolute Gasteiger partial charge is 0.108 e. The average molecular weight is 209 g/mol. The first-order chi connectivity index (χ1) is 7.11. The number of hydrogen-bond acceptors (Lipinski definition) is 2. The van der Waals surface area contributed by atoms with Crippen LogP contribution in [-0.2, 0) is 13.5 Å². The molecule has 0 aliphatic rings. The maximum atomic E-state index is 5.99. The summed E-state index contributed by atoms with van der Waals surface area (Å²) >= 11 is 0. The van der Waals surface area contributed by atoms with Crippen LogP contribution in [-0.4, -0.2) is 15.6 Å². The lowest BCUT2D eigenvalue weighted by atomic mass is 9.99. The zero-order valence-corrected chi connectivity index (χ0v) is 10.1. The Labute approximate surface area is 92.7 Å². The number of hydrogen-bond donors (Lipinski definition) is 1. The van der Waals surface area contributed by atoms with E-state index in [0.29, 0.717) is 12.0 Å². The van der Waals surface area contributed by atoms with Crippen molar-refractivity contribution in [1.82, 2.24) is 9.55 Å². The largest absolute Gasteiger partial charge is 0.338 e. The number of aryl methyl sites for hydroxylation is 2. The van der Waals surface area contributed by atoms with E-state index in [1.54, 1.807) is 0 Å². The topological polar surface area (TPSA) is 43.8 Å². The molecule has 0 saturated carbocycles. The van der Waals surface area contributed by atoms with Crippen LogP contribution in [0.25, 0.3) is 0 Å². The molecule has 0 spiro atoms. The third-order valence-corrected chi connectivity index (χ3v) is 2.97. The van der Waals surface area contributed by atoms with E-state index < -0.39 is 0 Å². The first-order valence-corrected chi connectivity index (χ1v) is 5.83. The minimum atomic E-state index is 0.353. The number of imidazole rings is 1. The second-order valence-corrected chi connectivity index (χ2v) is 4.61. The molecule has 1 aromatic heterocycles. The lowest BCUT2D eigenvalue weighted by Gasteiger charge is -2.14. The molecule has 0 saturated heterocycles. The number of unbranched alkanes of at least 4 members (excludes halogenated alkanes) is 1. The molecule has 86 valence electrons. The molecular weight excluding hydrogens is 186 g/mol. The molecule has 0 bridgehead atoms. The maximum absolute atomic E-state index is 5.99. The highest BCUT2D eigenvalue weighted by Crippen LogP contribution is 2.09. The third kappa shape index (κ3) is 4.04. The van der Waals surface area contributed by atoms with E-state index in [1.165, 1.54) is 18.7 Å². The van der Waals surface area contributed by atoms with Crippen LogP contribution in [0.3, 0.4) is 0 Å². The van der Waals surface area contributed by atoms with Crippen molar-refractivity contribution in [3.05, 3.63) is 18.2 Å². The molecule has 0 aromatic carbocycles. The highest BCUT2D eigenvalue weighted by molar-refractivity contribution is 4.90. The Kier molecular flexibility index (Phi) is 4.82. The standard InChI is InChI=1S/C12H23N3/c1-10(2)11(13)6-4-5-7-12-14-8-9-15(12)3/h8-11H,4-7,13H2,1-3H3. The van der Waals surface area contributed by atoms with Crippen molar-refractivity contribution in [3.63, 3.8) is 0 Å². The molecule has 2 N–H and O–H groups in total. The molecule has 15 heavy (non-hydrogen) atoms. The molecule has 0 aliphatic heterocycles. The number of aromatic nitrogens is 2. The van der Waals surface area contributed by atoms with Gasteiger partial charge in [0.1, 0.15) is 5.82 Å². The van der Waals surface area contributed by atoms with Crippen LogP contribution < -0.4 is 5.73 Å². The van der Waals surface area contributed by atoms with Crippen molar-refractivity contribution < 1.29 is 0 Å². The van der Waals surface area contributed by atoms with Crippen molar-refractivity contribution in [3.8, 4) is 0 Å². The van der Waals surface area contributed by atoms with E-state index in [9.17, 15) is 0 Å². The molecule has 0 amide bonds. The number of rotatable bonds is 6. The first kappa shape index (κ1) is 12.2. The highest BCUT2D eigenvalue weighted by atomic mass is 15.0. The van der Waals surface area contributed by atoms with Gasteiger partial charge in [0.25, 0.3) is 0 Å². The van der Waals surface area contributed by atoms with Crippen molar-refractivity contribution >= 4 is 0 Å². The zero-order valence-electron chi connectivity index (χ0n) is 10.1. The molecule has 1 unspecified atom stereocenters. The van der Waals surface area contributed by atoms with Crippen LogP contribution in [0, 0.1) is 5.92 Å². The van der Waals surface area contributed by atoms with Gasteiger partial charge < -0.3 is 10.3 Å². The fourth-order valence-electron chi connectivity index (χ4n) is 1.63. The van der Waals surface area contributed by atoms with E-state index >= 15 is 0 Å². The van der Waals surface area contributed by atoms with Crippen LogP contribution >= 0.6 is 0 Å². The molecule has 1 rings (SSSR count). The Morgan fingerprint density at radius 3 is 2.67 bits per heavy atom. The van der Waals surface area contributed by atoms with Crippen molar-refractivity contribution in [1.29, 1.82) is 0 Å². The summed E-state index contributed by atoms with van der Waals surface area (Å²) in [4.78, 5) is 4.30. The quantitative estimate of drug-likeness (QED) is 0.729. The van der Waals surface area contributed by atoms with Crippen LogP contribution in [0.1, 0.15) is 38.9 Å². The van der Waals surface area contributed by atoms with Gasteiger partial charge in [-0.3, -0.25) is 0 Å². The van der Waals surface area contributed by atoms with E-state index in [0.717, 1.165) is 12.8 Å². The van der Waals surface area contributed by atoms with E-state index in [4.69, 9.17) is 5.73 Å². The van der Waals surface area contributed by atoms with Crippen LogP contribution in [0.5, 0.6) is 0 Å². The van der Waals surface area contributed by atoms with E-state index in [1.807, 2.05) is 19.4 Å². The van der Waals surface area contributed by atoms with Gasteiger partial charge in [-0.05, 0) is 18.8 Å². The Bertz CT molecular complexity index is 278. The minimum Gasteiger partial charge on any atom is -0.338 e. The Hall–Kier alpha value is -0.830. The SMILES string of the molecule is CC(C)C(N)CCCCc1nccn1C. The molecular formula is C12H23N3. The predicted molar refractivity (Wildman–Crippen MR) is 63.6 cm³/mol. The van der Waals surface area contributed by atoms with Crippen molar-refractivity contribution in [2.75, 3.05) is 0 Å². The molecule has 0 aliphatic carbocycles. The van der Waals surface area contributed by atoms with Gasteiger partial charge in [0.15, 0.2) is 0 Å². The molecule has 1 aromatic rings. The average Bonchev–Trinajstić information content (AvgIpc) is 2.58. The molecule has 0 radical (unpaired) electrons. The fraction of sp³-hybridized carbons (Fsp3) is 0.750. The molecule has 3 nitrogen and oxygen atoms in total. The summed E-state index contributed by atoms with van der Waals surface area (Å²) < 4.78 is 2.09. The van der Waals surface area contributed by atoms with Gasteiger partial charge in [0.05, 0.1) is 0 Å². The molecule has 1 atom stereocenters. The normalized spacial score (nSPS) is 13.4. The lowest BCUT2D eigenvalue weighted by molar-refractivity contribution is 0.444. The zero-order chi connectivity index (χ0) is 11.3. The highest BCUT2D eigenvalue weighted by Gasteiger charge is 2.07. The van der Waals surface area contributed by atoms with Gasteiger partial charge >= 0.3 is 0 Å². The fourth-order valence-corrected chi connectivity index (χ4v) is 1.63. The van der Waals surface area contributed by atoms with Gasteiger partial charge in [-0.1, -0.05) is 20.3 Å². The summed E-state index contributed by atoms with van der Waals surface area (Å²) in [6, 6.07) is 0.353. The van der Waals surface area contributed by atoms with Crippen LogP contribution in [0.2, 0.25) is 0 Å². The van der Waals surface area contributed by atoms with Crippen LogP contribution in [0.15, 0.2) is 12.4 Å². The number of nitrogens with zero attached hydrogens (tertiary/aromatic N) is 2. The van der Waals surface area contributed by atoms with Gasteiger partial charge in [-0.25, -0.2) is 4.98 Å². The van der Waals surface area contributed by atoms with E-state index in [2.05, 4.69) is 23.4 Å². The summed E-state index contributed by atoms with van der Waals surface area (Å²) in [5.74, 6) is 1.77. The van der Waals surface area contributed by atoms with Crippen molar-refractivity contribution in [2.24, 2.45) is 18.7 Å². The van der Waals surface area contributed by atoms with Gasteiger partial charge in [-0.15, -0.1) is 0 Å². The summed E-state index contributed by atoms with van der Waals surface area (Å²) in [6.07, 6.45) is 8.43. The number of nitrogens with two attached hydrogens (primary N) is 1. The Morgan fingerprint density at radius 1 is 1.40 bits per heavy atom.